The first-order chi connectivity index (χ1) is 16.3. The number of fused-ring (bicyclic) bond motifs is 1. The van der Waals surface area contributed by atoms with Crippen molar-refractivity contribution in [3.8, 4) is 11.6 Å². The number of methoxy groups -OCH3 is 1. The lowest BCUT2D eigenvalue weighted by atomic mass is 10.1. The van der Waals surface area contributed by atoms with Crippen molar-refractivity contribution in [2.24, 2.45) is 0 Å². The van der Waals surface area contributed by atoms with Gasteiger partial charge in [-0.05, 0) is 50.2 Å². The maximum absolute atomic E-state index is 13.6. The van der Waals surface area contributed by atoms with E-state index in [2.05, 4.69) is 20.2 Å². The molecule has 1 fully saturated rings. The van der Waals surface area contributed by atoms with Gasteiger partial charge in [-0.15, -0.1) is 0 Å². The Morgan fingerprint density at radius 3 is 2.79 bits per heavy atom. The van der Waals surface area contributed by atoms with Crippen LogP contribution in [0.25, 0.3) is 10.9 Å². The fraction of sp³-hybridized carbons (Fsp3) is 0.375. The van der Waals surface area contributed by atoms with Crippen molar-refractivity contribution in [3.63, 3.8) is 0 Å². The van der Waals surface area contributed by atoms with Crippen LogP contribution in [0.1, 0.15) is 35.7 Å². The van der Waals surface area contributed by atoms with Crippen LogP contribution in [-0.2, 0) is 6.18 Å². The van der Waals surface area contributed by atoms with E-state index < -0.39 is 17.6 Å². The maximum Gasteiger partial charge on any atom is 0.416 e. The molecule has 1 unspecified atom stereocenters. The zero-order valence-electron chi connectivity index (χ0n) is 18.9. The van der Waals surface area contributed by atoms with Crippen LogP contribution < -0.4 is 14.8 Å². The van der Waals surface area contributed by atoms with Gasteiger partial charge in [0.2, 0.25) is 5.88 Å². The number of alkyl halides is 3. The van der Waals surface area contributed by atoms with Crippen molar-refractivity contribution in [1.29, 1.82) is 0 Å². The zero-order chi connectivity index (χ0) is 24.3. The molecule has 3 aromatic rings. The number of likely N-dealkylation sites (tertiary alicyclic amines) is 1. The standard InChI is InChI=1S/C24H25F3N4O3/c1-3-31-9-5-6-17(31)13-34-18-11-15(24(25,26)27)10-16(12-18)30-22(32)19-7-4-8-20-21(19)28-14-29-23(20)33-2/h4,7-8,10-12,14,17H,3,5-6,9,13H2,1-2H3,(H,30,32). The quantitative estimate of drug-likeness (QED) is 0.532. The van der Waals surface area contributed by atoms with Crippen LogP contribution in [0.2, 0.25) is 0 Å². The Hall–Kier alpha value is -3.40. The number of rotatable bonds is 7. The highest BCUT2D eigenvalue weighted by Gasteiger charge is 2.32. The highest BCUT2D eigenvalue weighted by Crippen LogP contribution is 2.35. The molecular formula is C24H25F3N4O3. The van der Waals surface area contributed by atoms with Gasteiger partial charge in [0.25, 0.3) is 5.91 Å². The molecule has 1 atom stereocenters. The molecule has 0 spiro atoms. The Labute approximate surface area is 194 Å². The fourth-order valence-corrected chi connectivity index (χ4v) is 4.22. The summed E-state index contributed by atoms with van der Waals surface area (Å²) in [6.45, 7) is 4.14. The number of carbonyl (C=O) groups is 1. The minimum Gasteiger partial charge on any atom is -0.492 e. The third-order valence-corrected chi connectivity index (χ3v) is 5.91. The van der Waals surface area contributed by atoms with E-state index in [-0.39, 0.29) is 29.6 Å². The number of ether oxygens (including phenoxy) is 2. The lowest BCUT2D eigenvalue weighted by Gasteiger charge is -2.23. The number of halogens is 3. The molecule has 0 radical (unpaired) electrons. The van der Waals surface area contributed by atoms with Crippen molar-refractivity contribution < 1.29 is 27.4 Å². The predicted molar refractivity (Wildman–Crippen MR) is 121 cm³/mol. The number of nitrogens with zero attached hydrogens (tertiary/aromatic N) is 3. The molecule has 34 heavy (non-hydrogen) atoms. The first-order valence-electron chi connectivity index (χ1n) is 11.0. The Kier molecular flexibility index (Phi) is 6.87. The number of hydrogen-bond acceptors (Lipinski definition) is 6. The molecule has 1 aromatic heterocycles. The van der Waals surface area contributed by atoms with Crippen LogP contribution in [0.4, 0.5) is 18.9 Å². The van der Waals surface area contributed by atoms with E-state index in [9.17, 15) is 18.0 Å². The normalized spacial score (nSPS) is 16.6. The van der Waals surface area contributed by atoms with Gasteiger partial charge in [0.1, 0.15) is 18.7 Å². The van der Waals surface area contributed by atoms with E-state index in [0.29, 0.717) is 16.8 Å². The van der Waals surface area contributed by atoms with Crippen molar-refractivity contribution >= 4 is 22.5 Å². The topological polar surface area (TPSA) is 76.6 Å². The molecule has 0 saturated carbocycles. The summed E-state index contributed by atoms with van der Waals surface area (Å²) in [6.07, 6.45) is -1.37. The summed E-state index contributed by atoms with van der Waals surface area (Å²) in [5.41, 5.74) is -0.411. The maximum atomic E-state index is 13.6. The number of nitrogens with one attached hydrogen (secondary N) is 1. The monoisotopic (exact) mass is 474 g/mol. The number of hydrogen-bond donors (Lipinski definition) is 1. The van der Waals surface area contributed by atoms with Gasteiger partial charge in [0.15, 0.2) is 0 Å². The van der Waals surface area contributed by atoms with Gasteiger partial charge >= 0.3 is 6.18 Å². The second-order valence-electron chi connectivity index (χ2n) is 8.02. The number of aromatic nitrogens is 2. The molecule has 2 heterocycles. The van der Waals surface area contributed by atoms with Crippen molar-refractivity contribution in [2.75, 3.05) is 32.1 Å². The zero-order valence-corrected chi connectivity index (χ0v) is 18.9. The van der Waals surface area contributed by atoms with Crippen molar-refractivity contribution in [1.82, 2.24) is 14.9 Å². The van der Waals surface area contributed by atoms with Gasteiger partial charge in [0.05, 0.1) is 29.1 Å². The van der Waals surface area contributed by atoms with Crippen molar-refractivity contribution in [3.05, 3.63) is 53.9 Å². The molecule has 7 nitrogen and oxygen atoms in total. The molecule has 1 aliphatic rings. The SMILES string of the molecule is CCN1CCCC1COc1cc(NC(=O)c2cccc3c(OC)ncnc23)cc(C(F)(F)F)c1. The van der Waals surface area contributed by atoms with E-state index in [1.165, 1.54) is 25.6 Å². The summed E-state index contributed by atoms with van der Waals surface area (Å²) in [5.74, 6) is -0.262. The Morgan fingerprint density at radius 2 is 2.06 bits per heavy atom. The Balaban J connectivity index is 1.60. The fourth-order valence-electron chi connectivity index (χ4n) is 4.22. The molecule has 1 saturated heterocycles. The van der Waals surface area contributed by atoms with Crippen LogP contribution in [0, 0.1) is 0 Å². The third-order valence-electron chi connectivity index (χ3n) is 5.91. The molecule has 0 bridgehead atoms. The number of likely N-dealkylation sites (N-methyl/N-ethyl adjacent to an activating group) is 1. The number of carbonyl (C=O) groups excluding carboxylic acids is 1. The lowest BCUT2D eigenvalue weighted by molar-refractivity contribution is -0.137. The molecule has 180 valence electrons. The molecule has 1 amide bonds. The number of amides is 1. The van der Waals surface area contributed by atoms with Gasteiger partial charge < -0.3 is 14.8 Å². The Morgan fingerprint density at radius 1 is 1.24 bits per heavy atom. The summed E-state index contributed by atoms with van der Waals surface area (Å²) >= 11 is 0. The first-order valence-corrected chi connectivity index (χ1v) is 11.0. The number of anilines is 1. The molecule has 2 aromatic carbocycles. The molecular weight excluding hydrogens is 449 g/mol. The summed E-state index contributed by atoms with van der Waals surface area (Å²) in [7, 11) is 1.45. The van der Waals surface area contributed by atoms with E-state index in [1.807, 2.05) is 6.92 Å². The van der Waals surface area contributed by atoms with Crippen LogP contribution >= 0.6 is 0 Å². The lowest BCUT2D eigenvalue weighted by Crippen LogP contribution is -2.33. The van der Waals surface area contributed by atoms with Crippen LogP contribution in [0.5, 0.6) is 11.6 Å². The van der Waals surface area contributed by atoms with E-state index in [0.717, 1.165) is 38.1 Å². The molecule has 1 aliphatic heterocycles. The first kappa shape index (κ1) is 23.7. The molecule has 10 heteroatoms. The summed E-state index contributed by atoms with van der Waals surface area (Å²) in [5, 5.41) is 3.07. The van der Waals surface area contributed by atoms with Gasteiger partial charge in [0, 0.05) is 17.8 Å². The smallest absolute Gasteiger partial charge is 0.416 e. The van der Waals surface area contributed by atoms with Crippen LogP contribution in [-0.4, -0.2) is 53.6 Å². The average molecular weight is 474 g/mol. The minimum atomic E-state index is -4.60. The minimum absolute atomic E-state index is 0.0216. The largest absolute Gasteiger partial charge is 0.492 e. The summed E-state index contributed by atoms with van der Waals surface area (Å²) in [6, 6.07) is 8.27. The highest BCUT2D eigenvalue weighted by atomic mass is 19.4. The van der Waals surface area contributed by atoms with E-state index in [4.69, 9.17) is 9.47 Å². The van der Waals surface area contributed by atoms with Gasteiger partial charge in [-0.2, -0.15) is 13.2 Å². The number of para-hydroxylation sites is 1. The van der Waals surface area contributed by atoms with Crippen LogP contribution in [0.3, 0.4) is 0 Å². The van der Waals surface area contributed by atoms with Crippen molar-refractivity contribution in [2.45, 2.75) is 32.0 Å². The number of benzene rings is 2. The molecule has 0 aliphatic carbocycles. The second-order valence-corrected chi connectivity index (χ2v) is 8.02. The van der Waals surface area contributed by atoms with Gasteiger partial charge in [-0.1, -0.05) is 13.0 Å². The molecule has 1 N–H and O–H groups in total. The average Bonchev–Trinajstić information content (AvgIpc) is 3.29. The van der Waals surface area contributed by atoms with Crippen LogP contribution in [0.15, 0.2) is 42.7 Å². The third kappa shape index (κ3) is 5.06. The van der Waals surface area contributed by atoms with E-state index in [1.54, 1.807) is 12.1 Å². The van der Waals surface area contributed by atoms with E-state index >= 15 is 0 Å². The highest BCUT2D eigenvalue weighted by molar-refractivity contribution is 6.12. The Bertz CT molecular complexity index is 1190. The van der Waals surface area contributed by atoms with Gasteiger partial charge in [-0.25, -0.2) is 9.97 Å². The summed E-state index contributed by atoms with van der Waals surface area (Å²) in [4.78, 5) is 23.4. The predicted octanol–water partition coefficient (Wildman–Crippen LogP) is 4.77. The summed E-state index contributed by atoms with van der Waals surface area (Å²) < 4.78 is 51.6. The molecule has 4 rings (SSSR count). The van der Waals surface area contributed by atoms with Gasteiger partial charge in [-0.3, -0.25) is 9.69 Å². The second kappa shape index (κ2) is 9.84.